The van der Waals surface area contributed by atoms with Crippen molar-refractivity contribution in [3.63, 3.8) is 0 Å². The fourth-order valence-corrected chi connectivity index (χ4v) is 17.7. The van der Waals surface area contributed by atoms with Gasteiger partial charge in [0.15, 0.2) is 34.9 Å². The standard InChI is InChI=1S/C51H32N4S.C45H28N4S/c1-4-14-33(15-5-1)39-21-12-23-42-43-24-13-22-40(48(43)56-47(39)42)37-28-31-46-44(32-37)41-20-10-11-25-45(41)55(46)38-29-26-36(27-30-38)51-53-49(34-16-6-2-7-17-34)52-50(54-51)35-18-8-3-9-19-35;1-3-12-29(13-4-1)43-46-44(30-14-5-2-6-15-30)48-45(47-43)31-22-25-33(26-23-31)49-39-20-9-7-16-35(39)38-28-32(24-27-40(38)49)34-18-11-19-37-36-17-8-10-21-41(36)50-42(34)37/h1-32H;1-28H. The molecular weight excluding hydrogens is 1330 g/mol. The lowest BCUT2D eigenvalue weighted by atomic mass is 9.99. The van der Waals surface area contributed by atoms with Crippen LogP contribution in [-0.4, -0.2) is 39.0 Å². The van der Waals surface area contributed by atoms with Gasteiger partial charge >= 0.3 is 0 Å². The maximum atomic E-state index is 4.96. The average Bonchev–Trinajstić information content (AvgIpc) is 1.58. The summed E-state index contributed by atoms with van der Waals surface area (Å²) in [5.74, 6) is 3.90. The van der Waals surface area contributed by atoms with E-state index in [0.717, 1.165) is 55.8 Å². The number of para-hydroxylation sites is 2. The highest BCUT2D eigenvalue weighted by Gasteiger charge is 2.22. The SMILES string of the molecule is c1ccc(-c2nc(-c3ccccc3)nc(-c3ccc(-n4c5ccccc5c5cc(-c6cccc7c6sc6c(-c8ccccc8)cccc67)ccc54)cc3)n2)cc1.c1ccc(-c2nc(-c3ccccc3)nc(-c3ccc(-n4c5ccccc5c5cc(-c6cccc7c6sc6ccccc67)ccc54)cc3)n2)cc1. The van der Waals surface area contributed by atoms with Gasteiger partial charge in [0.2, 0.25) is 0 Å². The van der Waals surface area contributed by atoms with Crippen LogP contribution in [0.3, 0.4) is 0 Å². The minimum atomic E-state index is 0.641. The zero-order valence-electron chi connectivity index (χ0n) is 57.0. The van der Waals surface area contributed by atoms with Gasteiger partial charge in [-0.2, -0.15) is 0 Å². The number of fused-ring (bicyclic) bond motifs is 12. The van der Waals surface area contributed by atoms with Crippen LogP contribution in [0, 0.1) is 0 Å². The zero-order valence-corrected chi connectivity index (χ0v) is 58.7. The van der Waals surface area contributed by atoms with Crippen LogP contribution in [0.25, 0.3) is 197 Å². The molecule has 0 radical (unpaired) electrons. The molecule has 0 saturated heterocycles. The highest BCUT2D eigenvalue weighted by Crippen LogP contribution is 2.47. The summed E-state index contributed by atoms with van der Waals surface area (Å²) in [6.07, 6.45) is 0. The maximum absolute atomic E-state index is 4.96. The summed E-state index contributed by atoms with van der Waals surface area (Å²) < 4.78 is 10.0. The Morgan fingerprint density at radius 1 is 0.179 bits per heavy atom. The van der Waals surface area contributed by atoms with E-state index in [9.17, 15) is 0 Å². The van der Waals surface area contributed by atoms with Gasteiger partial charge in [-0.3, -0.25) is 0 Å². The molecule has 496 valence electrons. The van der Waals surface area contributed by atoms with Crippen molar-refractivity contribution in [1.29, 1.82) is 0 Å². The molecule has 106 heavy (non-hydrogen) atoms. The Hall–Kier alpha value is -13.6. The summed E-state index contributed by atoms with van der Waals surface area (Å²) in [7, 11) is 0. The summed E-state index contributed by atoms with van der Waals surface area (Å²) in [5, 5.41) is 10.2. The summed E-state index contributed by atoms with van der Waals surface area (Å²) in [5.41, 5.74) is 20.0. The van der Waals surface area contributed by atoms with Crippen molar-refractivity contribution in [3.8, 4) is 113 Å². The minimum Gasteiger partial charge on any atom is -0.309 e. The second kappa shape index (κ2) is 26.3. The normalized spacial score (nSPS) is 11.6. The Morgan fingerprint density at radius 3 is 0.840 bits per heavy atom. The third-order valence-electron chi connectivity index (χ3n) is 20.1. The smallest absolute Gasteiger partial charge is 0.164 e. The molecule has 21 aromatic rings. The van der Waals surface area contributed by atoms with Crippen molar-refractivity contribution in [2.24, 2.45) is 0 Å². The van der Waals surface area contributed by atoms with Gasteiger partial charge in [0.1, 0.15) is 0 Å². The van der Waals surface area contributed by atoms with Crippen LogP contribution in [0.1, 0.15) is 0 Å². The average molecular weight is 1390 g/mol. The van der Waals surface area contributed by atoms with Gasteiger partial charge in [0, 0.05) is 107 Å². The molecule has 0 aliphatic rings. The molecule has 0 N–H and O–H groups in total. The molecule has 0 aliphatic carbocycles. The Labute approximate surface area is 618 Å². The lowest BCUT2D eigenvalue weighted by Crippen LogP contribution is -2.00. The molecule has 0 bridgehead atoms. The van der Waals surface area contributed by atoms with Crippen molar-refractivity contribution in [1.82, 2.24) is 39.0 Å². The number of nitrogens with zero attached hydrogens (tertiary/aromatic N) is 8. The van der Waals surface area contributed by atoms with Crippen LogP contribution < -0.4 is 0 Å². The molecule has 6 aromatic heterocycles. The van der Waals surface area contributed by atoms with E-state index in [0.29, 0.717) is 34.9 Å². The van der Waals surface area contributed by atoms with E-state index in [1.54, 1.807) is 0 Å². The van der Waals surface area contributed by atoms with E-state index in [2.05, 4.69) is 252 Å². The second-order valence-corrected chi connectivity index (χ2v) is 28.5. The van der Waals surface area contributed by atoms with E-state index in [1.165, 1.54) is 106 Å². The van der Waals surface area contributed by atoms with Crippen molar-refractivity contribution >= 4 is 107 Å². The van der Waals surface area contributed by atoms with E-state index >= 15 is 0 Å². The van der Waals surface area contributed by atoms with Gasteiger partial charge < -0.3 is 9.13 Å². The third kappa shape index (κ3) is 11.1. The molecular formula is C96H60N8S2. The summed E-state index contributed by atoms with van der Waals surface area (Å²) in [6, 6.07) is 128. The number of rotatable bonds is 11. The molecule has 6 heterocycles. The summed E-state index contributed by atoms with van der Waals surface area (Å²) in [4.78, 5) is 29.5. The molecule has 15 aromatic carbocycles. The summed E-state index contributed by atoms with van der Waals surface area (Å²) >= 11 is 3.77. The van der Waals surface area contributed by atoms with Crippen LogP contribution >= 0.6 is 22.7 Å². The molecule has 0 fully saturated rings. The van der Waals surface area contributed by atoms with Crippen LogP contribution in [0.4, 0.5) is 0 Å². The fraction of sp³-hybridized carbons (Fsp3) is 0. The third-order valence-corrected chi connectivity index (χ3v) is 22.7. The molecule has 0 aliphatic heterocycles. The quantitative estimate of drug-likeness (QED) is 0.128. The van der Waals surface area contributed by atoms with E-state index < -0.39 is 0 Å². The largest absolute Gasteiger partial charge is 0.309 e. The lowest BCUT2D eigenvalue weighted by Gasteiger charge is -2.11. The number of aromatic nitrogens is 8. The Morgan fingerprint density at radius 2 is 0.453 bits per heavy atom. The summed E-state index contributed by atoms with van der Waals surface area (Å²) in [6.45, 7) is 0. The highest BCUT2D eigenvalue weighted by molar-refractivity contribution is 7.27. The van der Waals surface area contributed by atoms with Crippen molar-refractivity contribution in [3.05, 3.63) is 364 Å². The van der Waals surface area contributed by atoms with Gasteiger partial charge in [-0.15, -0.1) is 22.7 Å². The van der Waals surface area contributed by atoms with Gasteiger partial charge in [-0.05, 0) is 124 Å². The Bertz CT molecular complexity index is 6800. The van der Waals surface area contributed by atoms with E-state index in [-0.39, 0.29) is 0 Å². The molecule has 0 atom stereocenters. The lowest BCUT2D eigenvalue weighted by molar-refractivity contribution is 1.07. The van der Waals surface area contributed by atoms with Gasteiger partial charge in [-0.1, -0.05) is 273 Å². The topological polar surface area (TPSA) is 87.2 Å². The van der Waals surface area contributed by atoms with Crippen molar-refractivity contribution in [2.45, 2.75) is 0 Å². The molecule has 10 heteroatoms. The van der Waals surface area contributed by atoms with Crippen LogP contribution in [-0.2, 0) is 0 Å². The first-order valence-corrected chi connectivity index (χ1v) is 37.1. The first kappa shape index (κ1) is 62.2. The Kier molecular flexibility index (Phi) is 15.4. The minimum absolute atomic E-state index is 0.641. The first-order chi connectivity index (χ1) is 52.5. The first-order valence-electron chi connectivity index (χ1n) is 35.5. The number of hydrogen-bond acceptors (Lipinski definition) is 8. The fourth-order valence-electron chi connectivity index (χ4n) is 15.1. The highest BCUT2D eigenvalue weighted by atomic mass is 32.1. The van der Waals surface area contributed by atoms with Crippen LogP contribution in [0.5, 0.6) is 0 Å². The van der Waals surface area contributed by atoms with Crippen LogP contribution in [0.2, 0.25) is 0 Å². The monoisotopic (exact) mass is 1390 g/mol. The van der Waals surface area contributed by atoms with Gasteiger partial charge in [0.05, 0.1) is 22.1 Å². The predicted molar refractivity (Wildman–Crippen MR) is 443 cm³/mol. The predicted octanol–water partition coefficient (Wildman–Crippen LogP) is 25.7. The van der Waals surface area contributed by atoms with E-state index in [4.69, 9.17) is 29.9 Å². The van der Waals surface area contributed by atoms with Gasteiger partial charge in [0.25, 0.3) is 0 Å². The molecule has 0 saturated carbocycles. The van der Waals surface area contributed by atoms with Crippen LogP contribution in [0.15, 0.2) is 364 Å². The van der Waals surface area contributed by atoms with Crippen molar-refractivity contribution in [2.75, 3.05) is 0 Å². The molecule has 0 unspecified atom stereocenters. The zero-order chi connectivity index (χ0) is 70.0. The Balaban J connectivity index is 0.000000141. The molecule has 0 spiro atoms. The molecule has 0 amide bonds. The maximum Gasteiger partial charge on any atom is 0.164 e. The van der Waals surface area contributed by atoms with Crippen molar-refractivity contribution < 1.29 is 0 Å². The van der Waals surface area contributed by atoms with Gasteiger partial charge in [-0.25, -0.2) is 29.9 Å². The second-order valence-electron chi connectivity index (χ2n) is 26.5. The number of hydrogen-bond donors (Lipinski definition) is 0. The molecule has 8 nitrogen and oxygen atoms in total. The van der Waals surface area contributed by atoms with E-state index in [1.807, 2.05) is 144 Å². The number of thiophene rings is 2. The number of benzene rings is 15. The molecule has 21 rings (SSSR count).